The molecule has 1 aromatic heterocycles. The van der Waals surface area contributed by atoms with Gasteiger partial charge in [-0.05, 0) is 31.2 Å². The minimum Gasteiger partial charge on any atom is -0.495 e. The quantitative estimate of drug-likeness (QED) is 0.473. The van der Waals surface area contributed by atoms with Crippen molar-refractivity contribution in [3.8, 4) is 17.2 Å². The Kier molecular flexibility index (Phi) is 6.94. The molecule has 1 fully saturated rings. The van der Waals surface area contributed by atoms with E-state index < -0.39 is 0 Å². The highest BCUT2D eigenvalue weighted by Gasteiger charge is 2.21. The topological polar surface area (TPSA) is 66.1 Å². The second-order valence-corrected chi connectivity index (χ2v) is 7.88. The molecule has 1 aliphatic rings. The number of methoxy groups -OCH3 is 1. The summed E-state index contributed by atoms with van der Waals surface area (Å²) in [7, 11) is 3.56. The van der Waals surface area contributed by atoms with Gasteiger partial charge >= 0.3 is 0 Å². The summed E-state index contributed by atoms with van der Waals surface area (Å²) in [6.07, 6.45) is 2.52. The van der Waals surface area contributed by atoms with Crippen LogP contribution >= 0.6 is 0 Å². The van der Waals surface area contributed by atoms with Gasteiger partial charge in [0.15, 0.2) is 5.96 Å². The molecule has 7 heteroatoms. The Bertz CT molecular complexity index is 1040. The van der Waals surface area contributed by atoms with E-state index in [1.54, 1.807) is 13.4 Å². The van der Waals surface area contributed by atoms with E-state index in [9.17, 15) is 0 Å². The minimum absolute atomic E-state index is 0.664. The fourth-order valence-electron chi connectivity index (χ4n) is 3.94. The Morgan fingerprint density at radius 2 is 1.84 bits per heavy atom. The molecular weight excluding hydrogens is 402 g/mol. The number of para-hydroxylation sites is 2. The van der Waals surface area contributed by atoms with Crippen molar-refractivity contribution < 1.29 is 9.15 Å². The first-order chi connectivity index (χ1) is 15.7. The minimum atomic E-state index is 0.664. The smallest absolute Gasteiger partial charge is 0.226 e. The molecule has 0 atom stereocenters. The monoisotopic (exact) mass is 433 g/mol. The number of hydrogen-bond acceptors (Lipinski definition) is 5. The van der Waals surface area contributed by atoms with Crippen molar-refractivity contribution in [2.45, 2.75) is 13.3 Å². The highest BCUT2D eigenvalue weighted by Crippen LogP contribution is 2.28. The van der Waals surface area contributed by atoms with Gasteiger partial charge in [0, 0.05) is 51.8 Å². The second kappa shape index (κ2) is 10.2. The van der Waals surface area contributed by atoms with Crippen LogP contribution in [0.4, 0.5) is 5.69 Å². The van der Waals surface area contributed by atoms with Crippen LogP contribution in [0.5, 0.6) is 5.75 Å². The molecule has 0 saturated carbocycles. The van der Waals surface area contributed by atoms with Crippen LogP contribution in [0.15, 0.2) is 64.2 Å². The number of anilines is 1. The van der Waals surface area contributed by atoms with E-state index in [1.807, 2.05) is 31.3 Å². The van der Waals surface area contributed by atoms with Crippen LogP contribution in [0.3, 0.4) is 0 Å². The molecule has 0 radical (unpaired) electrons. The SMILES string of the molecule is CN=C(NCCc1coc(-c2ccc(C)cc2)n1)N1CCN(c2ccccc2OC)CC1. The third-order valence-electron chi connectivity index (χ3n) is 5.73. The van der Waals surface area contributed by atoms with Crippen molar-refractivity contribution >= 4 is 11.6 Å². The molecule has 1 aliphatic heterocycles. The summed E-state index contributed by atoms with van der Waals surface area (Å²) >= 11 is 0. The van der Waals surface area contributed by atoms with Gasteiger partial charge in [0.25, 0.3) is 0 Å². The predicted molar refractivity (Wildman–Crippen MR) is 129 cm³/mol. The van der Waals surface area contributed by atoms with Gasteiger partial charge in [-0.3, -0.25) is 4.99 Å². The fourth-order valence-corrected chi connectivity index (χ4v) is 3.94. The Morgan fingerprint density at radius 1 is 1.09 bits per heavy atom. The summed E-state index contributed by atoms with van der Waals surface area (Å²) in [5.41, 5.74) is 4.30. The van der Waals surface area contributed by atoms with Gasteiger partial charge < -0.3 is 24.3 Å². The van der Waals surface area contributed by atoms with Crippen molar-refractivity contribution in [1.29, 1.82) is 0 Å². The Hall–Kier alpha value is -3.48. The molecule has 2 aromatic carbocycles. The molecule has 0 unspecified atom stereocenters. The molecule has 0 amide bonds. The Labute approximate surface area is 189 Å². The van der Waals surface area contributed by atoms with Crippen molar-refractivity contribution in [2.75, 3.05) is 51.8 Å². The van der Waals surface area contributed by atoms with Crippen molar-refractivity contribution in [3.05, 3.63) is 66.1 Å². The Balaban J connectivity index is 1.27. The number of benzene rings is 2. The number of ether oxygens (including phenoxy) is 1. The standard InChI is InChI=1S/C25H31N5O2/c1-19-8-10-20(11-9-19)24-28-21(18-32-24)12-13-27-25(26-2)30-16-14-29(15-17-30)22-6-4-5-7-23(22)31-3/h4-11,18H,12-17H2,1-3H3,(H,26,27). The third kappa shape index (κ3) is 5.04. The summed E-state index contributed by atoms with van der Waals surface area (Å²) in [6, 6.07) is 16.4. The molecule has 168 valence electrons. The van der Waals surface area contributed by atoms with Crippen molar-refractivity contribution in [2.24, 2.45) is 4.99 Å². The summed E-state index contributed by atoms with van der Waals surface area (Å²) in [5, 5.41) is 3.47. The molecule has 1 N–H and O–H groups in total. The lowest BCUT2D eigenvalue weighted by molar-refractivity contribution is 0.367. The molecule has 1 saturated heterocycles. The lowest BCUT2D eigenvalue weighted by Crippen LogP contribution is -2.52. The first kappa shape index (κ1) is 21.7. The largest absolute Gasteiger partial charge is 0.495 e. The zero-order valence-corrected chi connectivity index (χ0v) is 19.0. The van der Waals surface area contributed by atoms with Crippen LogP contribution < -0.4 is 15.0 Å². The Morgan fingerprint density at radius 3 is 2.56 bits per heavy atom. The van der Waals surface area contributed by atoms with Crippen LogP contribution in [0.1, 0.15) is 11.3 Å². The van der Waals surface area contributed by atoms with Gasteiger partial charge in [0.1, 0.15) is 12.0 Å². The van der Waals surface area contributed by atoms with Gasteiger partial charge in [0.05, 0.1) is 18.5 Å². The fraction of sp³-hybridized carbons (Fsp3) is 0.360. The first-order valence-electron chi connectivity index (χ1n) is 11.0. The van der Waals surface area contributed by atoms with Crippen LogP contribution in [0.2, 0.25) is 0 Å². The average molecular weight is 434 g/mol. The van der Waals surface area contributed by atoms with Crippen molar-refractivity contribution in [3.63, 3.8) is 0 Å². The summed E-state index contributed by atoms with van der Waals surface area (Å²) in [6.45, 7) is 6.47. The number of nitrogens with zero attached hydrogens (tertiary/aromatic N) is 4. The van der Waals surface area contributed by atoms with E-state index in [4.69, 9.17) is 9.15 Å². The van der Waals surface area contributed by atoms with Gasteiger partial charge in [-0.15, -0.1) is 0 Å². The van der Waals surface area contributed by atoms with Crippen LogP contribution in [0.25, 0.3) is 11.5 Å². The van der Waals surface area contributed by atoms with E-state index in [2.05, 4.69) is 56.3 Å². The molecule has 0 bridgehead atoms. The highest BCUT2D eigenvalue weighted by atomic mass is 16.5. The molecule has 7 nitrogen and oxygen atoms in total. The number of aliphatic imine (C=N–C) groups is 1. The molecule has 32 heavy (non-hydrogen) atoms. The number of guanidine groups is 1. The summed E-state index contributed by atoms with van der Waals surface area (Å²) < 4.78 is 11.2. The van der Waals surface area contributed by atoms with E-state index in [1.165, 1.54) is 5.56 Å². The molecule has 4 rings (SSSR count). The maximum absolute atomic E-state index is 5.67. The molecule has 0 spiro atoms. The first-order valence-corrected chi connectivity index (χ1v) is 11.0. The maximum atomic E-state index is 5.67. The lowest BCUT2D eigenvalue weighted by atomic mass is 10.1. The number of oxazole rings is 1. The molecule has 2 heterocycles. The van der Waals surface area contributed by atoms with E-state index >= 15 is 0 Å². The molecule has 3 aromatic rings. The summed E-state index contributed by atoms with van der Waals surface area (Å²) in [4.78, 5) is 13.8. The van der Waals surface area contributed by atoms with Crippen LogP contribution in [-0.4, -0.2) is 62.7 Å². The lowest BCUT2D eigenvalue weighted by Gasteiger charge is -2.38. The number of piperazine rings is 1. The number of aromatic nitrogens is 1. The number of hydrogen-bond donors (Lipinski definition) is 1. The number of aryl methyl sites for hydroxylation is 1. The number of rotatable bonds is 6. The molecular formula is C25H31N5O2. The number of nitrogens with one attached hydrogen (secondary N) is 1. The van der Waals surface area contributed by atoms with Gasteiger partial charge in [-0.2, -0.15) is 0 Å². The van der Waals surface area contributed by atoms with Crippen molar-refractivity contribution in [1.82, 2.24) is 15.2 Å². The zero-order valence-electron chi connectivity index (χ0n) is 19.0. The van der Waals surface area contributed by atoms with Crippen LogP contribution in [-0.2, 0) is 6.42 Å². The third-order valence-corrected chi connectivity index (χ3v) is 5.73. The van der Waals surface area contributed by atoms with Gasteiger partial charge in [0.2, 0.25) is 5.89 Å². The van der Waals surface area contributed by atoms with E-state index in [0.717, 1.165) is 67.8 Å². The van der Waals surface area contributed by atoms with Gasteiger partial charge in [-0.1, -0.05) is 29.8 Å². The highest BCUT2D eigenvalue weighted by molar-refractivity contribution is 5.80. The van der Waals surface area contributed by atoms with Gasteiger partial charge in [-0.25, -0.2) is 4.98 Å². The summed E-state index contributed by atoms with van der Waals surface area (Å²) in [5.74, 6) is 2.50. The maximum Gasteiger partial charge on any atom is 0.226 e. The van der Waals surface area contributed by atoms with Crippen LogP contribution in [0, 0.1) is 6.92 Å². The molecule has 0 aliphatic carbocycles. The second-order valence-electron chi connectivity index (χ2n) is 7.88. The van der Waals surface area contributed by atoms with E-state index in [0.29, 0.717) is 5.89 Å². The predicted octanol–water partition coefficient (Wildman–Crippen LogP) is 3.60. The van der Waals surface area contributed by atoms with E-state index in [-0.39, 0.29) is 0 Å². The normalized spacial score (nSPS) is 14.5. The zero-order chi connectivity index (χ0) is 22.3. The average Bonchev–Trinajstić information content (AvgIpc) is 3.31.